The fourth-order valence-electron chi connectivity index (χ4n) is 2.14. The molecule has 0 aromatic carbocycles. The molecule has 5 nitrogen and oxygen atoms in total. The van der Waals surface area contributed by atoms with E-state index in [1.165, 1.54) is 6.92 Å². The quantitative estimate of drug-likeness (QED) is 0.586. The molecule has 3 atom stereocenters. The van der Waals surface area contributed by atoms with Gasteiger partial charge in [0.2, 0.25) is 0 Å². The first-order valence-electron chi connectivity index (χ1n) is 5.09. The van der Waals surface area contributed by atoms with E-state index < -0.39 is 11.6 Å². The second-order valence-electron chi connectivity index (χ2n) is 4.46. The van der Waals surface area contributed by atoms with Crippen LogP contribution in [0.2, 0.25) is 0 Å². The number of morpholine rings is 1. The summed E-state index contributed by atoms with van der Waals surface area (Å²) in [6.07, 6.45) is -0.131. The maximum absolute atomic E-state index is 11.7. The summed E-state index contributed by atoms with van der Waals surface area (Å²) in [6, 6.07) is -0.00273. The lowest BCUT2D eigenvalue weighted by molar-refractivity contribution is -0.240. The summed E-state index contributed by atoms with van der Waals surface area (Å²) < 4.78 is 5.06. The van der Waals surface area contributed by atoms with Crippen molar-refractivity contribution in [1.82, 2.24) is 5.06 Å². The van der Waals surface area contributed by atoms with Crippen molar-refractivity contribution in [3.8, 4) is 0 Å². The normalized spacial score (nSPS) is 41.1. The van der Waals surface area contributed by atoms with Gasteiger partial charge in [0.15, 0.2) is 5.78 Å². The van der Waals surface area contributed by atoms with E-state index in [1.54, 1.807) is 12.0 Å². The Kier molecular flexibility index (Phi) is 2.31. The molecular weight excluding hydrogens is 198 g/mol. The molecule has 2 aliphatic heterocycles. The molecule has 2 rings (SSSR count). The molecule has 5 heteroatoms. The van der Waals surface area contributed by atoms with Crippen molar-refractivity contribution >= 4 is 11.8 Å². The van der Waals surface area contributed by atoms with Crippen LogP contribution in [0.15, 0.2) is 0 Å². The van der Waals surface area contributed by atoms with Gasteiger partial charge in [-0.2, -0.15) is 5.06 Å². The highest BCUT2D eigenvalue weighted by Crippen LogP contribution is 2.37. The minimum atomic E-state index is -0.798. The van der Waals surface area contributed by atoms with Gasteiger partial charge >= 0.3 is 5.97 Å². The third kappa shape index (κ3) is 1.46. The van der Waals surface area contributed by atoms with Gasteiger partial charge < -0.3 is 4.74 Å². The van der Waals surface area contributed by atoms with Crippen LogP contribution in [0.5, 0.6) is 0 Å². The molecule has 84 valence electrons. The average molecular weight is 213 g/mol. The number of ether oxygens (including phenoxy) is 1. The van der Waals surface area contributed by atoms with E-state index in [9.17, 15) is 9.59 Å². The van der Waals surface area contributed by atoms with Crippen molar-refractivity contribution in [3.63, 3.8) is 0 Å². The largest absolute Gasteiger partial charge is 0.462 e. The first-order valence-corrected chi connectivity index (χ1v) is 5.09. The van der Waals surface area contributed by atoms with Crippen molar-refractivity contribution in [2.45, 2.75) is 44.9 Å². The molecule has 0 amide bonds. The maximum atomic E-state index is 11.7. The summed E-state index contributed by atoms with van der Waals surface area (Å²) in [5.41, 5.74) is -0.798. The minimum Gasteiger partial charge on any atom is -0.462 e. The summed E-state index contributed by atoms with van der Waals surface area (Å²) in [7, 11) is 0. The molecule has 0 aromatic rings. The van der Waals surface area contributed by atoms with E-state index in [2.05, 4.69) is 0 Å². The van der Waals surface area contributed by atoms with E-state index >= 15 is 0 Å². The van der Waals surface area contributed by atoms with Crippen LogP contribution in [-0.4, -0.2) is 41.1 Å². The molecule has 15 heavy (non-hydrogen) atoms. The highest BCUT2D eigenvalue weighted by atomic mass is 16.7. The van der Waals surface area contributed by atoms with E-state index in [-0.39, 0.29) is 17.8 Å². The number of nitrogens with zero attached hydrogens (tertiary/aromatic N) is 1. The monoisotopic (exact) mass is 213 g/mol. The van der Waals surface area contributed by atoms with Gasteiger partial charge in [-0.05, 0) is 20.8 Å². The van der Waals surface area contributed by atoms with Crippen LogP contribution in [0, 0.1) is 0 Å². The fraction of sp³-hybridized carbons (Fsp3) is 0.800. The minimum absolute atomic E-state index is 0.00273. The Hall–Kier alpha value is -0.940. The Bertz CT molecular complexity index is 317. The number of hydroxylamine groups is 2. The van der Waals surface area contributed by atoms with Crippen LogP contribution < -0.4 is 0 Å². The van der Waals surface area contributed by atoms with Crippen molar-refractivity contribution in [2.24, 2.45) is 0 Å². The van der Waals surface area contributed by atoms with Gasteiger partial charge in [-0.25, -0.2) is 4.79 Å². The zero-order chi connectivity index (χ0) is 11.2. The molecule has 2 heterocycles. The number of carbonyl (C=O) groups excluding carboxylic acids is 2. The van der Waals surface area contributed by atoms with Crippen molar-refractivity contribution in [2.75, 3.05) is 6.61 Å². The molecule has 2 aliphatic rings. The Balaban J connectivity index is 2.27. The highest BCUT2D eigenvalue weighted by molar-refractivity contribution is 5.86. The Morgan fingerprint density at radius 3 is 2.80 bits per heavy atom. The lowest BCUT2D eigenvalue weighted by atomic mass is 9.92. The number of ketones is 1. The highest BCUT2D eigenvalue weighted by Gasteiger charge is 2.55. The van der Waals surface area contributed by atoms with E-state index in [0.29, 0.717) is 13.0 Å². The number of cyclic esters (lactones) is 1. The fourth-order valence-corrected chi connectivity index (χ4v) is 2.14. The van der Waals surface area contributed by atoms with E-state index in [4.69, 9.17) is 9.57 Å². The second kappa shape index (κ2) is 3.28. The maximum Gasteiger partial charge on any atom is 0.328 e. The molecule has 0 radical (unpaired) electrons. The summed E-state index contributed by atoms with van der Waals surface area (Å²) >= 11 is 0. The molecular formula is C10H15NO4. The summed E-state index contributed by atoms with van der Waals surface area (Å²) in [5, 5.41) is 1.62. The third-order valence-electron chi connectivity index (χ3n) is 3.06. The van der Waals surface area contributed by atoms with Crippen molar-refractivity contribution in [3.05, 3.63) is 0 Å². The van der Waals surface area contributed by atoms with Gasteiger partial charge in [0.05, 0.1) is 6.04 Å². The van der Waals surface area contributed by atoms with Gasteiger partial charge in [0.25, 0.3) is 0 Å². The number of carbonyl (C=O) groups is 2. The van der Waals surface area contributed by atoms with Crippen LogP contribution in [-0.2, 0) is 19.2 Å². The Labute approximate surface area is 88.3 Å². The first-order chi connectivity index (χ1) is 6.95. The Morgan fingerprint density at radius 2 is 2.27 bits per heavy atom. The SMILES string of the molecule is CC(=O)[C@H]1C[C@@]2(C)C(=O)OC[C@H](C)N2O1. The molecule has 0 spiro atoms. The van der Waals surface area contributed by atoms with Crippen LogP contribution in [0.4, 0.5) is 0 Å². The molecule has 0 aromatic heterocycles. The van der Waals surface area contributed by atoms with Crippen LogP contribution >= 0.6 is 0 Å². The van der Waals surface area contributed by atoms with Gasteiger partial charge in [0, 0.05) is 6.42 Å². The molecule has 2 saturated heterocycles. The number of hydrogen-bond donors (Lipinski definition) is 0. The van der Waals surface area contributed by atoms with Crippen LogP contribution in [0.3, 0.4) is 0 Å². The smallest absolute Gasteiger partial charge is 0.328 e. The molecule has 0 aliphatic carbocycles. The standard InChI is InChI=1S/C10H15NO4/c1-6-5-14-9(13)10(3)4-8(7(2)12)15-11(6)10/h6,8H,4-5H2,1-3H3/t6-,8+,10-/m0/s1. The topological polar surface area (TPSA) is 55.8 Å². The predicted molar refractivity (Wildman–Crippen MR) is 50.8 cm³/mol. The summed E-state index contributed by atoms with van der Waals surface area (Å²) in [4.78, 5) is 28.4. The lowest BCUT2D eigenvalue weighted by Crippen LogP contribution is -2.57. The number of fused-ring (bicyclic) bond motifs is 1. The average Bonchev–Trinajstić information content (AvgIpc) is 2.53. The number of Topliss-reactive ketones (excluding diaryl/α,β-unsaturated/α-hetero) is 1. The lowest BCUT2D eigenvalue weighted by Gasteiger charge is -2.39. The zero-order valence-corrected chi connectivity index (χ0v) is 9.15. The molecule has 0 N–H and O–H groups in total. The van der Waals surface area contributed by atoms with Crippen molar-refractivity contribution in [1.29, 1.82) is 0 Å². The third-order valence-corrected chi connectivity index (χ3v) is 3.06. The molecule has 0 saturated carbocycles. The van der Waals surface area contributed by atoms with Crippen LogP contribution in [0.25, 0.3) is 0 Å². The predicted octanol–water partition coefficient (Wildman–Crippen LogP) is 0.285. The number of hydrogen-bond acceptors (Lipinski definition) is 5. The van der Waals surface area contributed by atoms with Gasteiger partial charge in [-0.15, -0.1) is 0 Å². The van der Waals surface area contributed by atoms with Gasteiger partial charge in [-0.3, -0.25) is 9.63 Å². The first kappa shape index (κ1) is 10.6. The number of esters is 1. The summed E-state index contributed by atoms with van der Waals surface area (Å²) in [5.74, 6) is -0.352. The van der Waals surface area contributed by atoms with Gasteiger partial charge in [0.1, 0.15) is 18.2 Å². The molecule has 2 fully saturated rings. The molecule has 0 bridgehead atoms. The summed E-state index contributed by atoms with van der Waals surface area (Å²) in [6.45, 7) is 5.46. The van der Waals surface area contributed by atoms with E-state index in [1.807, 2.05) is 6.92 Å². The molecule has 0 unspecified atom stereocenters. The van der Waals surface area contributed by atoms with Gasteiger partial charge in [-0.1, -0.05) is 0 Å². The zero-order valence-electron chi connectivity index (χ0n) is 9.15. The number of rotatable bonds is 1. The Morgan fingerprint density at radius 1 is 1.60 bits per heavy atom. The van der Waals surface area contributed by atoms with Crippen molar-refractivity contribution < 1.29 is 19.2 Å². The second-order valence-corrected chi connectivity index (χ2v) is 4.46. The van der Waals surface area contributed by atoms with E-state index in [0.717, 1.165) is 0 Å². The van der Waals surface area contributed by atoms with Crippen LogP contribution in [0.1, 0.15) is 27.2 Å².